The van der Waals surface area contributed by atoms with Crippen molar-refractivity contribution in [1.82, 2.24) is 0 Å². The summed E-state index contributed by atoms with van der Waals surface area (Å²) in [5.41, 5.74) is 2.90. The molecule has 0 aromatic heterocycles. The van der Waals surface area contributed by atoms with Gasteiger partial charge in [-0.3, -0.25) is 4.52 Å². The summed E-state index contributed by atoms with van der Waals surface area (Å²) in [7, 11) is -4.86. The van der Waals surface area contributed by atoms with Crippen LogP contribution in [0.3, 0.4) is 0 Å². The van der Waals surface area contributed by atoms with E-state index in [9.17, 15) is 36.0 Å². The maximum Gasteiger partial charge on any atom is 0.469 e. The van der Waals surface area contributed by atoms with E-state index in [1.54, 1.807) is 0 Å². The SMILES string of the molecule is NC(CO)(CCc1ccc(OCC=Cc2ccc(C(F)(F)F)cc2)c(C(F)(F)F)c1)COP(=O)(O)O. The Morgan fingerprint density at radius 3 is 2.14 bits per heavy atom. The first-order chi connectivity index (χ1) is 16.5. The van der Waals surface area contributed by atoms with E-state index in [2.05, 4.69) is 4.52 Å². The van der Waals surface area contributed by atoms with Gasteiger partial charge in [0.05, 0.1) is 29.9 Å². The van der Waals surface area contributed by atoms with E-state index in [1.165, 1.54) is 30.4 Å². The Balaban J connectivity index is 2.06. The summed E-state index contributed by atoms with van der Waals surface area (Å²) >= 11 is 0. The van der Waals surface area contributed by atoms with Crippen molar-refractivity contribution in [2.45, 2.75) is 30.7 Å². The Morgan fingerprint density at radius 2 is 1.61 bits per heavy atom. The molecular weight excluding hydrogens is 519 g/mol. The molecule has 36 heavy (non-hydrogen) atoms. The number of phosphoric ester groups is 1. The lowest BCUT2D eigenvalue weighted by Gasteiger charge is -2.27. The molecule has 0 heterocycles. The Morgan fingerprint density at radius 1 is 0.972 bits per heavy atom. The average Bonchev–Trinajstić information content (AvgIpc) is 2.78. The molecule has 1 atom stereocenters. The van der Waals surface area contributed by atoms with Gasteiger partial charge >= 0.3 is 20.2 Å². The van der Waals surface area contributed by atoms with Crippen LogP contribution in [-0.2, 0) is 27.9 Å². The number of aliphatic hydroxyl groups is 1. The number of halogens is 6. The molecule has 0 aliphatic heterocycles. The van der Waals surface area contributed by atoms with Gasteiger partial charge in [-0.2, -0.15) is 26.3 Å². The molecule has 7 nitrogen and oxygen atoms in total. The highest BCUT2D eigenvalue weighted by Crippen LogP contribution is 2.38. The van der Waals surface area contributed by atoms with Crippen LogP contribution >= 0.6 is 7.82 Å². The lowest BCUT2D eigenvalue weighted by atomic mass is 9.93. The van der Waals surface area contributed by atoms with Crippen molar-refractivity contribution in [2.24, 2.45) is 5.73 Å². The van der Waals surface area contributed by atoms with Crippen molar-refractivity contribution in [3.05, 3.63) is 70.8 Å². The van der Waals surface area contributed by atoms with E-state index < -0.39 is 55.8 Å². The Labute approximate surface area is 202 Å². The fraction of sp³-hybridized carbons (Fsp3) is 0.364. The van der Waals surface area contributed by atoms with Gasteiger partial charge in [-0.1, -0.05) is 24.3 Å². The van der Waals surface area contributed by atoms with Gasteiger partial charge in [0.25, 0.3) is 0 Å². The summed E-state index contributed by atoms with van der Waals surface area (Å²) in [6.45, 7) is -1.74. The third kappa shape index (κ3) is 9.57. The highest BCUT2D eigenvalue weighted by Gasteiger charge is 2.35. The minimum atomic E-state index is -4.86. The van der Waals surface area contributed by atoms with Crippen LogP contribution in [0.1, 0.15) is 28.7 Å². The summed E-state index contributed by atoms with van der Waals surface area (Å²) in [6, 6.07) is 7.45. The van der Waals surface area contributed by atoms with Gasteiger partial charge in [-0.15, -0.1) is 0 Å². The number of hydrogen-bond acceptors (Lipinski definition) is 5. The standard InChI is InChI=1S/C22H24F6NO6P/c23-21(24,25)17-6-3-15(4-7-17)2-1-11-34-19-8-5-16(12-18(19)22(26,27)28)9-10-20(29,13-30)14-35-36(31,32)33/h1-8,12,30H,9-11,13-14,29H2,(H2,31,32,33). The van der Waals surface area contributed by atoms with Crippen molar-refractivity contribution in [1.29, 1.82) is 0 Å². The second-order valence-electron chi connectivity index (χ2n) is 7.95. The first kappa shape index (κ1) is 29.8. The molecular formula is C22H24F6NO6P. The molecule has 0 amide bonds. The molecule has 0 saturated heterocycles. The topological polar surface area (TPSA) is 122 Å². The summed E-state index contributed by atoms with van der Waals surface area (Å²) < 4.78 is 98.9. The highest BCUT2D eigenvalue weighted by atomic mass is 31.2. The van der Waals surface area contributed by atoms with Crippen LogP contribution in [0.25, 0.3) is 6.08 Å². The lowest BCUT2D eigenvalue weighted by molar-refractivity contribution is -0.139. The van der Waals surface area contributed by atoms with Gasteiger partial charge in [-0.05, 0) is 54.3 Å². The number of benzene rings is 2. The highest BCUT2D eigenvalue weighted by molar-refractivity contribution is 7.46. The van der Waals surface area contributed by atoms with Gasteiger partial charge in [0.2, 0.25) is 0 Å². The molecule has 2 aromatic rings. The van der Waals surface area contributed by atoms with Crippen LogP contribution < -0.4 is 10.5 Å². The van der Waals surface area contributed by atoms with Crippen molar-refractivity contribution in [3.63, 3.8) is 0 Å². The number of aryl methyl sites for hydroxylation is 1. The minimum Gasteiger partial charge on any atom is -0.489 e. The van der Waals surface area contributed by atoms with Crippen LogP contribution in [0.5, 0.6) is 5.75 Å². The number of ether oxygens (including phenoxy) is 1. The third-order valence-corrected chi connectivity index (χ3v) is 5.44. The van der Waals surface area contributed by atoms with Gasteiger partial charge < -0.3 is 25.4 Å². The molecule has 2 rings (SSSR count). The molecule has 0 saturated carbocycles. The average molecular weight is 543 g/mol. The fourth-order valence-corrected chi connectivity index (χ4v) is 3.41. The first-order valence-corrected chi connectivity index (χ1v) is 11.8. The molecule has 1 unspecified atom stereocenters. The fourth-order valence-electron chi connectivity index (χ4n) is 2.99. The lowest BCUT2D eigenvalue weighted by Crippen LogP contribution is -2.48. The van der Waals surface area contributed by atoms with E-state index in [0.717, 1.165) is 24.3 Å². The molecule has 5 N–H and O–H groups in total. The summed E-state index contributed by atoms with van der Waals surface area (Å²) in [6.07, 6.45) is -6.72. The molecule has 0 aliphatic carbocycles. The third-order valence-electron chi connectivity index (χ3n) is 4.98. The van der Waals surface area contributed by atoms with Crippen LogP contribution in [0.4, 0.5) is 26.3 Å². The molecule has 0 spiro atoms. The zero-order valence-electron chi connectivity index (χ0n) is 18.6. The van der Waals surface area contributed by atoms with E-state index in [4.69, 9.17) is 20.3 Å². The van der Waals surface area contributed by atoms with E-state index in [-0.39, 0.29) is 25.0 Å². The van der Waals surface area contributed by atoms with Gasteiger partial charge in [0, 0.05) is 0 Å². The van der Waals surface area contributed by atoms with Crippen LogP contribution in [0.2, 0.25) is 0 Å². The molecule has 0 aliphatic rings. The second-order valence-corrected chi connectivity index (χ2v) is 9.19. The smallest absolute Gasteiger partial charge is 0.469 e. The Hall–Kier alpha value is -2.41. The monoisotopic (exact) mass is 543 g/mol. The first-order valence-electron chi connectivity index (χ1n) is 10.3. The number of aliphatic hydroxyl groups excluding tert-OH is 1. The molecule has 2 aromatic carbocycles. The van der Waals surface area contributed by atoms with Crippen molar-refractivity contribution in [2.75, 3.05) is 19.8 Å². The molecule has 14 heteroatoms. The Bertz CT molecular complexity index is 1080. The van der Waals surface area contributed by atoms with Gasteiger partial charge in [0.15, 0.2) is 0 Å². The van der Waals surface area contributed by atoms with Gasteiger partial charge in [-0.25, -0.2) is 4.57 Å². The number of rotatable bonds is 11. The van der Waals surface area contributed by atoms with Crippen molar-refractivity contribution < 1.29 is 55.1 Å². The van der Waals surface area contributed by atoms with E-state index in [0.29, 0.717) is 5.56 Å². The Kier molecular flexibility index (Phi) is 9.74. The van der Waals surface area contributed by atoms with Crippen molar-refractivity contribution >= 4 is 13.9 Å². The van der Waals surface area contributed by atoms with Crippen LogP contribution in [0.15, 0.2) is 48.5 Å². The number of alkyl halides is 6. The largest absolute Gasteiger partial charge is 0.489 e. The molecule has 0 radical (unpaired) electrons. The van der Waals surface area contributed by atoms with Gasteiger partial charge in [0.1, 0.15) is 12.4 Å². The quantitative estimate of drug-likeness (QED) is 0.242. The molecule has 200 valence electrons. The number of phosphoric acid groups is 1. The molecule has 0 bridgehead atoms. The van der Waals surface area contributed by atoms with Crippen LogP contribution in [-0.4, -0.2) is 40.3 Å². The number of hydrogen-bond donors (Lipinski definition) is 4. The van der Waals surface area contributed by atoms with Crippen LogP contribution in [0, 0.1) is 0 Å². The summed E-state index contributed by atoms with van der Waals surface area (Å²) in [4.78, 5) is 17.6. The maximum atomic E-state index is 13.6. The predicted octanol–water partition coefficient (Wildman–Crippen LogP) is 4.55. The molecule has 0 fully saturated rings. The summed E-state index contributed by atoms with van der Waals surface area (Å²) in [5.74, 6) is -0.477. The van der Waals surface area contributed by atoms with Crippen molar-refractivity contribution in [3.8, 4) is 5.75 Å². The maximum absolute atomic E-state index is 13.6. The second kappa shape index (κ2) is 11.8. The number of nitrogens with two attached hydrogens (primary N) is 1. The summed E-state index contributed by atoms with van der Waals surface area (Å²) in [5, 5.41) is 9.43. The zero-order chi connectivity index (χ0) is 27.2. The van der Waals surface area contributed by atoms with E-state index in [1.807, 2.05) is 0 Å². The zero-order valence-corrected chi connectivity index (χ0v) is 19.5. The van der Waals surface area contributed by atoms with E-state index >= 15 is 0 Å². The normalized spacial score (nSPS) is 14.7. The minimum absolute atomic E-state index is 0.0707. The predicted molar refractivity (Wildman–Crippen MR) is 118 cm³/mol.